The number of ether oxygens (including phenoxy) is 1. The van der Waals surface area contributed by atoms with Crippen LogP contribution in [0.5, 0.6) is 11.5 Å². The Balaban J connectivity index is 2.25. The van der Waals surface area contributed by atoms with Gasteiger partial charge in [-0.15, -0.1) is 0 Å². The van der Waals surface area contributed by atoms with E-state index in [9.17, 15) is 0 Å². The summed E-state index contributed by atoms with van der Waals surface area (Å²) in [5, 5.41) is 3.91. The maximum Gasteiger partial charge on any atom is 0.147 e. The van der Waals surface area contributed by atoms with E-state index in [1.807, 2.05) is 25.1 Å². The second kappa shape index (κ2) is 7.11. The predicted octanol–water partition coefficient (Wildman–Crippen LogP) is 5.31. The molecule has 2 aromatic carbocycles. The number of halogens is 2. The highest BCUT2D eigenvalue weighted by atomic mass is 79.9. The summed E-state index contributed by atoms with van der Waals surface area (Å²) in [5.41, 5.74) is 2.28. The van der Waals surface area contributed by atoms with Crippen LogP contribution in [0.3, 0.4) is 0 Å². The third-order valence-corrected chi connectivity index (χ3v) is 3.75. The summed E-state index contributed by atoms with van der Waals surface area (Å²) < 4.78 is 6.89. The minimum absolute atomic E-state index is 0.602. The molecule has 0 aromatic heterocycles. The Bertz CT molecular complexity index is 601. The average Bonchev–Trinajstić information content (AvgIpc) is 2.43. The van der Waals surface area contributed by atoms with Gasteiger partial charge in [0.15, 0.2) is 0 Å². The number of benzene rings is 2. The van der Waals surface area contributed by atoms with E-state index in [2.05, 4.69) is 46.4 Å². The molecule has 0 atom stereocenters. The highest BCUT2D eigenvalue weighted by Gasteiger charge is 2.07. The number of rotatable bonds is 5. The van der Waals surface area contributed by atoms with Crippen LogP contribution in [0.4, 0.5) is 0 Å². The van der Waals surface area contributed by atoms with Crippen molar-refractivity contribution in [1.82, 2.24) is 5.32 Å². The van der Waals surface area contributed by atoms with E-state index < -0.39 is 0 Å². The molecule has 20 heavy (non-hydrogen) atoms. The van der Waals surface area contributed by atoms with E-state index >= 15 is 0 Å². The molecule has 0 spiro atoms. The molecule has 1 N–H and O–H groups in total. The molecule has 2 rings (SSSR count). The van der Waals surface area contributed by atoms with Crippen molar-refractivity contribution in [3.8, 4) is 11.5 Å². The Hall–Kier alpha value is -1.03. The fourth-order valence-corrected chi connectivity index (χ4v) is 2.30. The van der Waals surface area contributed by atoms with Gasteiger partial charge in [0, 0.05) is 11.0 Å². The summed E-state index contributed by atoms with van der Waals surface area (Å²) in [6, 6.07) is 11.8. The van der Waals surface area contributed by atoms with Crippen molar-refractivity contribution in [3.05, 3.63) is 57.0 Å². The topological polar surface area (TPSA) is 21.3 Å². The van der Waals surface area contributed by atoms with Crippen molar-refractivity contribution in [3.63, 3.8) is 0 Å². The first-order chi connectivity index (χ1) is 9.60. The van der Waals surface area contributed by atoms with Crippen molar-refractivity contribution in [1.29, 1.82) is 0 Å². The monoisotopic (exact) mass is 353 g/mol. The molecule has 0 saturated heterocycles. The van der Waals surface area contributed by atoms with Crippen LogP contribution in [0.25, 0.3) is 0 Å². The lowest BCUT2D eigenvalue weighted by Crippen LogP contribution is -2.11. The van der Waals surface area contributed by atoms with Gasteiger partial charge >= 0.3 is 0 Å². The maximum atomic E-state index is 6.16. The van der Waals surface area contributed by atoms with E-state index in [-0.39, 0.29) is 0 Å². The summed E-state index contributed by atoms with van der Waals surface area (Å²) in [7, 11) is 0. The molecule has 0 amide bonds. The largest absolute Gasteiger partial charge is 0.455 e. The molecule has 2 aromatic rings. The number of nitrogens with one attached hydrogen (secondary N) is 1. The number of hydrogen-bond acceptors (Lipinski definition) is 2. The molecule has 0 bridgehead atoms. The van der Waals surface area contributed by atoms with Crippen LogP contribution in [0, 0.1) is 6.92 Å². The van der Waals surface area contributed by atoms with Gasteiger partial charge in [-0.1, -0.05) is 46.6 Å². The SMILES string of the molecule is CCNCc1ccc(C)c(Oc2cc(Br)ccc2Cl)c1. The molecule has 4 heteroatoms. The summed E-state index contributed by atoms with van der Waals surface area (Å²) in [5.74, 6) is 1.49. The van der Waals surface area contributed by atoms with E-state index in [0.29, 0.717) is 10.8 Å². The Kier molecular flexibility index (Phi) is 5.46. The van der Waals surface area contributed by atoms with Crippen molar-refractivity contribution >= 4 is 27.5 Å². The molecule has 0 fully saturated rings. The van der Waals surface area contributed by atoms with Crippen molar-refractivity contribution < 1.29 is 4.74 Å². The summed E-state index contributed by atoms with van der Waals surface area (Å²) in [6.45, 7) is 5.89. The third kappa shape index (κ3) is 3.98. The maximum absolute atomic E-state index is 6.16. The van der Waals surface area contributed by atoms with Crippen LogP contribution in [-0.2, 0) is 6.54 Å². The Morgan fingerprint density at radius 3 is 2.70 bits per heavy atom. The molecule has 0 radical (unpaired) electrons. The standard InChI is InChI=1S/C16H17BrClNO/c1-3-19-10-12-5-4-11(2)15(8-12)20-16-9-13(17)6-7-14(16)18/h4-9,19H,3,10H2,1-2H3. The molecule has 0 aliphatic carbocycles. The zero-order valence-electron chi connectivity index (χ0n) is 11.5. The summed E-state index contributed by atoms with van der Waals surface area (Å²) in [4.78, 5) is 0. The van der Waals surface area contributed by atoms with Gasteiger partial charge in [0.25, 0.3) is 0 Å². The van der Waals surface area contributed by atoms with Crippen molar-refractivity contribution in [2.24, 2.45) is 0 Å². The van der Waals surface area contributed by atoms with E-state index in [1.165, 1.54) is 5.56 Å². The smallest absolute Gasteiger partial charge is 0.147 e. The van der Waals surface area contributed by atoms with Crippen LogP contribution in [0.2, 0.25) is 5.02 Å². The van der Waals surface area contributed by atoms with Crippen LogP contribution < -0.4 is 10.1 Å². The predicted molar refractivity (Wildman–Crippen MR) is 87.8 cm³/mol. The van der Waals surface area contributed by atoms with Crippen LogP contribution in [0.15, 0.2) is 40.9 Å². The minimum Gasteiger partial charge on any atom is -0.455 e. The lowest BCUT2D eigenvalue weighted by Gasteiger charge is -2.12. The quantitative estimate of drug-likeness (QED) is 0.785. The summed E-state index contributed by atoms with van der Waals surface area (Å²) >= 11 is 9.59. The fourth-order valence-electron chi connectivity index (χ4n) is 1.81. The Morgan fingerprint density at radius 1 is 1.15 bits per heavy atom. The number of aryl methyl sites for hydroxylation is 1. The Labute approximate surface area is 133 Å². The van der Waals surface area contributed by atoms with Gasteiger partial charge in [-0.05, 0) is 48.9 Å². The first kappa shape index (κ1) is 15.4. The molecule has 0 aliphatic rings. The van der Waals surface area contributed by atoms with Crippen LogP contribution >= 0.6 is 27.5 Å². The first-order valence-electron chi connectivity index (χ1n) is 6.53. The van der Waals surface area contributed by atoms with Gasteiger partial charge in [0.1, 0.15) is 11.5 Å². The van der Waals surface area contributed by atoms with Gasteiger partial charge < -0.3 is 10.1 Å². The highest BCUT2D eigenvalue weighted by molar-refractivity contribution is 9.10. The summed E-state index contributed by atoms with van der Waals surface area (Å²) in [6.07, 6.45) is 0. The third-order valence-electron chi connectivity index (χ3n) is 2.94. The minimum atomic E-state index is 0.602. The average molecular weight is 355 g/mol. The van der Waals surface area contributed by atoms with E-state index in [1.54, 1.807) is 0 Å². The molecular weight excluding hydrogens is 338 g/mol. The van der Waals surface area contributed by atoms with Gasteiger partial charge in [0.05, 0.1) is 5.02 Å². The van der Waals surface area contributed by atoms with Gasteiger partial charge in [0.2, 0.25) is 0 Å². The normalized spacial score (nSPS) is 10.6. The fraction of sp³-hybridized carbons (Fsp3) is 0.250. The van der Waals surface area contributed by atoms with Crippen molar-refractivity contribution in [2.75, 3.05) is 6.54 Å². The molecule has 106 valence electrons. The lowest BCUT2D eigenvalue weighted by molar-refractivity contribution is 0.477. The molecule has 0 unspecified atom stereocenters. The molecular formula is C16H17BrClNO. The zero-order chi connectivity index (χ0) is 14.5. The van der Waals surface area contributed by atoms with Gasteiger partial charge in [-0.3, -0.25) is 0 Å². The first-order valence-corrected chi connectivity index (χ1v) is 7.70. The van der Waals surface area contributed by atoms with Gasteiger partial charge in [-0.2, -0.15) is 0 Å². The van der Waals surface area contributed by atoms with Crippen LogP contribution in [-0.4, -0.2) is 6.54 Å². The lowest BCUT2D eigenvalue weighted by atomic mass is 10.1. The van der Waals surface area contributed by atoms with Gasteiger partial charge in [-0.25, -0.2) is 0 Å². The zero-order valence-corrected chi connectivity index (χ0v) is 13.9. The Morgan fingerprint density at radius 2 is 1.95 bits per heavy atom. The van der Waals surface area contributed by atoms with Crippen LogP contribution in [0.1, 0.15) is 18.1 Å². The molecule has 0 aliphatic heterocycles. The molecule has 0 heterocycles. The van der Waals surface area contributed by atoms with E-state index in [0.717, 1.165) is 28.9 Å². The molecule has 0 saturated carbocycles. The highest BCUT2D eigenvalue weighted by Crippen LogP contribution is 2.33. The second-order valence-corrected chi connectivity index (χ2v) is 5.88. The molecule has 2 nitrogen and oxygen atoms in total. The second-order valence-electron chi connectivity index (χ2n) is 4.56. The number of hydrogen-bond donors (Lipinski definition) is 1. The van der Waals surface area contributed by atoms with Crippen molar-refractivity contribution in [2.45, 2.75) is 20.4 Å². The van der Waals surface area contributed by atoms with E-state index in [4.69, 9.17) is 16.3 Å².